The van der Waals surface area contributed by atoms with Gasteiger partial charge < -0.3 is 10.5 Å². The van der Waals surface area contributed by atoms with Crippen molar-refractivity contribution in [1.29, 1.82) is 0 Å². The van der Waals surface area contributed by atoms with Crippen molar-refractivity contribution in [3.63, 3.8) is 0 Å². The minimum Gasteiger partial charge on any atom is -0.493 e. The average molecular weight is 212 g/mol. The molecule has 1 atom stereocenters. The molecule has 1 aliphatic rings. The lowest BCUT2D eigenvalue weighted by Gasteiger charge is -2.11. The molecule has 76 valence electrons. The SMILES string of the molecule is CC(N)Cc1c(Cl)ccc2c1CCO2. The molecule has 1 heterocycles. The van der Waals surface area contributed by atoms with Gasteiger partial charge in [0.25, 0.3) is 0 Å². The molecule has 0 fully saturated rings. The molecule has 2 rings (SSSR count). The number of halogens is 1. The van der Waals surface area contributed by atoms with Crippen LogP contribution in [-0.2, 0) is 12.8 Å². The van der Waals surface area contributed by atoms with E-state index in [-0.39, 0.29) is 6.04 Å². The maximum absolute atomic E-state index is 6.14. The van der Waals surface area contributed by atoms with Gasteiger partial charge in [-0.3, -0.25) is 0 Å². The largest absolute Gasteiger partial charge is 0.493 e. The third-order valence-corrected chi connectivity index (χ3v) is 2.82. The lowest BCUT2D eigenvalue weighted by atomic mass is 9.99. The van der Waals surface area contributed by atoms with Crippen LogP contribution in [0.25, 0.3) is 0 Å². The molecule has 3 heteroatoms. The molecule has 2 nitrogen and oxygen atoms in total. The van der Waals surface area contributed by atoms with Crippen LogP contribution < -0.4 is 10.5 Å². The van der Waals surface area contributed by atoms with Gasteiger partial charge in [-0.1, -0.05) is 11.6 Å². The molecule has 0 aromatic heterocycles. The zero-order valence-electron chi connectivity index (χ0n) is 8.22. The van der Waals surface area contributed by atoms with Crippen LogP contribution in [0.5, 0.6) is 5.75 Å². The molecule has 14 heavy (non-hydrogen) atoms. The van der Waals surface area contributed by atoms with E-state index in [0.29, 0.717) is 0 Å². The highest BCUT2D eigenvalue weighted by Gasteiger charge is 2.18. The molecule has 2 N–H and O–H groups in total. The van der Waals surface area contributed by atoms with E-state index in [1.165, 1.54) is 5.56 Å². The van der Waals surface area contributed by atoms with Crippen LogP contribution in [0.4, 0.5) is 0 Å². The first-order valence-corrected chi connectivity index (χ1v) is 5.25. The van der Waals surface area contributed by atoms with Crippen LogP contribution in [-0.4, -0.2) is 12.6 Å². The van der Waals surface area contributed by atoms with Gasteiger partial charge in [0.15, 0.2) is 0 Å². The Morgan fingerprint density at radius 2 is 2.36 bits per heavy atom. The summed E-state index contributed by atoms with van der Waals surface area (Å²) in [4.78, 5) is 0. The van der Waals surface area contributed by atoms with Crippen molar-refractivity contribution in [2.45, 2.75) is 25.8 Å². The molecule has 1 aromatic rings. The second-order valence-corrected chi connectivity index (χ2v) is 4.19. The van der Waals surface area contributed by atoms with Crippen molar-refractivity contribution in [3.8, 4) is 5.75 Å². The monoisotopic (exact) mass is 211 g/mol. The lowest BCUT2D eigenvalue weighted by Crippen LogP contribution is -2.18. The van der Waals surface area contributed by atoms with Crippen LogP contribution in [0.1, 0.15) is 18.1 Å². The van der Waals surface area contributed by atoms with Gasteiger partial charge in [0.2, 0.25) is 0 Å². The average Bonchev–Trinajstić information content (AvgIpc) is 2.57. The predicted octanol–water partition coefficient (Wildman–Crippen LogP) is 2.16. The number of fused-ring (bicyclic) bond motifs is 1. The highest BCUT2D eigenvalue weighted by atomic mass is 35.5. The maximum atomic E-state index is 6.14. The van der Waals surface area contributed by atoms with Crippen LogP contribution in [0.3, 0.4) is 0 Å². The van der Waals surface area contributed by atoms with E-state index in [1.807, 2.05) is 19.1 Å². The Hall–Kier alpha value is -0.730. The van der Waals surface area contributed by atoms with E-state index in [0.717, 1.165) is 35.8 Å². The molecule has 0 spiro atoms. The molecule has 1 aliphatic heterocycles. The molecule has 0 aliphatic carbocycles. The van der Waals surface area contributed by atoms with E-state index in [1.54, 1.807) is 0 Å². The Labute approximate surface area is 89.0 Å². The van der Waals surface area contributed by atoms with Gasteiger partial charge in [-0.2, -0.15) is 0 Å². The second-order valence-electron chi connectivity index (χ2n) is 3.78. The Bertz CT molecular complexity index is 349. The van der Waals surface area contributed by atoms with Crippen LogP contribution in [0.15, 0.2) is 12.1 Å². The fourth-order valence-corrected chi connectivity index (χ4v) is 2.11. The van der Waals surface area contributed by atoms with E-state index < -0.39 is 0 Å². The first kappa shape index (κ1) is 9.81. The molecule has 0 radical (unpaired) electrons. The number of benzene rings is 1. The molecule has 0 saturated heterocycles. The predicted molar refractivity (Wildman–Crippen MR) is 58.0 cm³/mol. The highest BCUT2D eigenvalue weighted by molar-refractivity contribution is 6.31. The summed E-state index contributed by atoms with van der Waals surface area (Å²) in [5, 5.41) is 0.812. The summed E-state index contributed by atoms with van der Waals surface area (Å²) in [5.41, 5.74) is 8.20. The molecular formula is C11H14ClNO. The van der Waals surface area contributed by atoms with Gasteiger partial charge in [0.1, 0.15) is 5.75 Å². The number of nitrogens with two attached hydrogens (primary N) is 1. The van der Waals surface area contributed by atoms with Crippen molar-refractivity contribution in [3.05, 3.63) is 28.3 Å². The number of hydrogen-bond acceptors (Lipinski definition) is 2. The van der Waals surface area contributed by atoms with Gasteiger partial charge in [0, 0.05) is 23.0 Å². The van der Waals surface area contributed by atoms with Gasteiger partial charge in [-0.05, 0) is 31.0 Å². The van der Waals surface area contributed by atoms with Crippen molar-refractivity contribution >= 4 is 11.6 Å². The molecule has 0 amide bonds. The van der Waals surface area contributed by atoms with Crippen molar-refractivity contribution in [2.75, 3.05) is 6.61 Å². The van der Waals surface area contributed by atoms with Crippen LogP contribution in [0.2, 0.25) is 5.02 Å². The van der Waals surface area contributed by atoms with Crippen molar-refractivity contribution in [2.24, 2.45) is 5.73 Å². The minimum absolute atomic E-state index is 0.139. The molecule has 0 saturated carbocycles. The summed E-state index contributed by atoms with van der Waals surface area (Å²) in [5.74, 6) is 0.977. The van der Waals surface area contributed by atoms with Crippen LogP contribution in [0, 0.1) is 0 Å². The lowest BCUT2D eigenvalue weighted by molar-refractivity contribution is 0.357. The third kappa shape index (κ3) is 1.72. The summed E-state index contributed by atoms with van der Waals surface area (Å²) in [7, 11) is 0. The van der Waals surface area contributed by atoms with E-state index in [2.05, 4.69) is 0 Å². The first-order chi connectivity index (χ1) is 6.68. The Balaban J connectivity index is 2.41. The minimum atomic E-state index is 0.139. The number of hydrogen-bond donors (Lipinski definition) is 1. The molecular weight excluding hydrogens is 198 g/mol. The normalized spacial score (nSPS) is 16.2. The Kier molecular flexibility index (Phi) is 2.66. The maximum Gasteiger partial charge on any atom is 0.123 e. The van der Waals surface area contributed by atoms with Gasteiger partial charge in [-0.15, -0.1) is 0 Å². The quantitative estimate of drug-likeness (QED) is 0.814. The summed E-state index contributed by atoms with van der Waals surface area (Å²) < 4.78 is 5.48. The fourth-order valence-electron chi connectivity index (χ4n) is 1.86. The Morgan fingerprint density at radius 1 is 1.57 bits per heavy atom. The highest BCUT2D eigenvalue weighted by Crippen LogP contribution is 2.33. The van der Waals surface area contributed by atoms with E-state index in [4.69, 9.17) is 22.1 Å². The zero-order valence-corrected chi connectivity index (χ0v) is 8.97. The Morgan fingerprint density at radius 3 is 3.07 bits per heavy atom. The van der Waals surface area contributed by atoms with E-state index >= 15 is 0 Å². The third-order valence-electron chi connectivity index (χ3n) is 2.47. The fraction of sp³-hybridized carbons (Fsp3) is 0.455. The molecule has 1 unspecified atom stereocenters. The smallest absolute Gasteiger partial charge is 0.123 e. The van der Waals surface area contributed by atoms with Gasteiger partial charge in [-0.25, -0.2) is 0 Å². The first-order valence-electron chi connectivity index (χ1n) is 4.87. The zero-order chi connectivity index (χ0) is 10.1. The topological polar surface area (TPSA) is 35.2 Å². The van der Waals surface area contributed by atoms with Crippen LogP contribution >= 0.6 is 11.6 Å². The summed E-state index contributed by atoms with van der Waals surface area (Å²) in [6, 6.07) is 3.97. The number of rotatable bonds is 2. The van der Waals surface area contributed by atoms with E-state index in [9.17, 15) is 0 Å². The van der Waals surface area contributed by atoms with Gasteiger partial charge >= 0.3 is 0 Å². The molecule has 1 aromatic carbocycles. The van der Waals surface area contributed by atoms with Crippen molar-refractivity contribution in [1.82, 2.24) is 0 Å². The number of ether oxygens (including phenoxy) is 1. The summed E-state index contributed by atoms with van der Waals surface area (Å²) in [6.45, 7) is 2.76. The standard InChI is InChI=1S/C11H14ClNO/c1-7(13)6-9-8-4-5-14-11(8)3-2-10(9)12/h2-3,7H,4-6,13H2,1H3. The second kappa shape index (κ2) is 3.79. The van der Waals surface area contributed by atoms with Crippen molar-refractivity contribution < 1.29 is 4.74 Å². The van der Waals surface area contributed by atoms with Gasteiger partial charge in [0.05, 0.1) is 6.61 Å². The molecule has 0 bridgehead atoms. The summed E-state index contributed by atoms with van der Waals surface area (Å²) in [6.07, 6.45) is 1.78. The summed E-state index contributed by atoms with van der Waals surface area (Å²) >= 11 is 6.14.